The van der Waals surface area contributed by atoms with Gasteiger partial charge in [-0.3, -0.25) is 0 Å². The minimum atomic E-state index is -3.75. The Morgan fingerprint density at radius 1 is 1.14 bits per heavy atom. The molecule has 3 aromatic rings. The van der Waals surface area contributed by atoms with Crippen LogP contribution in [0.2, 0.25) is 0 Å². The highest BCUT2D eigenvalue weighted by molar-refractivity contribution is 7.89. The Morgan fingerprint density at radius 3 is 2.68 bits per heavy atom. The van der Waals surface area contributed by atoms with Crippen molar-refractivity contribution < 1.29 is 17.9 Å². The average molecular weight is 400 g/mol. The Labute approximate surface area is 163 Å². The van der Waals surface area contributed by atoms with E-state index in [1.165, 1.54) is 12.1 Å². The third-order valence-corrected chi connectivity index (χ3v) is 6.07. The van der Waals surface area contributed by atoms with E-state index in [4.69, 9.17) is 9.47 Å². The number of ether oxygens (including phenoxy) is 2. The van der Waals surface area contributed by atoms with Crippen LogP contribution in [-0.2, 0) is 10.0 Å². The van der Waals surface area contributed by atoms with Crippen LogP contribution < -0.4 is 14.2 Å². The molecule has 9 heteroatoms. The van der Waals surface area contributed by atoms with Crippen molar-refractivity contribution in [1.82, 2.24) is 19.5 Å². The molecule has 1 N–H and O–H groups in total. The molecule has 1 unspecified atom stereocenters. The molecule has 1 aliphatic rings. The largest absolute Gasteiger partial charge is 0.486 e. The Kier molecular flexibility index (Phi) is 4.78. The number of pyridine rings is 1. The molecule has 0 saturated carbocycles. The zero-order valence-electron chi connectivity index (χ0n) is 15.5. The summed E-state index contributed by atoms with van der Waals surface area (Å²) >= 11 is 0. The Bertz CT molecular complexity index is 1100. The number of sulfonamides is 1. The predicted octanol–water partition coefficient (Wildman–Crippen LogP) is 2.39. The van der Waals surface area contributed by atoms with Gasteiger partial charge in [-0.25, -0.2) is 22.8 Å². The van der Waals surface area contributed by atoms with E-state index in [0.29, 0.717) is 30.5 Å². The fourth-order valence-electron chi connectivity index (χ4n) is 3.11. The number of fused-ring (bicyclic) bond motifs is 1. The first-order valence-electron chi connectivity index (χ1n) is 8.83. The summed E-state index contributed by atoms with van der Waals surface area (Å²) < 4.78 is 41.0. The first kappa shape index (κ1) is 18.5. The van der Waals surface area contributed by atoms with Crippen molar-refractivity contribution >= 4 is 10.0 Å². The van der Waals surface area contributed by atoms with E-state index in [0.717, 1.165) is 11.3 Å². The van der Waals surface area contributed by atoms with Crippen LogP contribution >= 0.6 is 0 Å². The quantitative estimate of drug-likeness (QED) is 0.707. The maximum absolute atomic E-state index is 12.8. The van der Waals surface area contributed by atoms with Crippen LogP contribution in [0.25, 0.3) is 5.82 Å². The molecule has 1 atom stereocenters. The molecule has 0 saturated heterocycles. The van der Waals surface area contributed by atoms with Crippen molar-refractivity contribution in [2.45, 2.75) is 24.8 Å². The fourth-order valence-corrected chi connectivity index (χ4v) is 4.35. The van der Waals surface area contributed by atoms with E-state index >= 15 is 0 Å². The summed E-state index contributed by atoms with van der Waals surface area (Å²) in [4.78, 5) is 4.41. The molecule has 4 rings (SSSR count). The van der Waals surface area contributed by atoms with Gasteiger partial charge in [-0.15, -0.1) is 0 Å². The lowest BCUT2D eigenvalue weighted by atomic mass is 10.1. The summed E-state index contributed by atoms with van der Waals surface area (Å²) in [6.07, 6.45) is 3.34. The molecule has 3 heterocycles. The van der Waals surface area contributed by atoms with Crippen molar-refractivity contribution in [2.24, 2.45) is 0 Å². The van der Waals surface area contributed by atoms with Gasteiger partial charge in [0, 0.05) is 29.6 Å². The van der Waals surface area contributed by atoms with Crippen LogP contribution in [0.3, 0.4) is 0 Å². The van der Waals surface area contributed by atoms with Crippen molar-refractivity contribution in [3.63, 3.8) is 0 Å². The second-order valence-corrected chi connectivity index (χ2v) is 8.15. The lowest BCUT2D eigenvalue weighted by Crippen LogP contribution is -2.27. The molecule has 1 aliphatic heterocycles. The number of benzene rings is 1. The minimum Gasteiger partial charge on any atom is -0.486 e. The standard InChI is InChI=1S/C19H20N4O4S/c1-13(16-12-21-23(14(16)2)19-5-3-4-8-20-19)22-28(24,25)15-6-7-17-18(11-15)27-10-9-26-17/h3-8,11-13,22H,9-10H2,1-2H3. The summed E-state index contributed by atoms with van der Waals surface area (Å²) in [6.45, 7) is 4.51. The molecule has 8 nitrogen and oxygen atoms in total. The SMILES string of the molecule is Cc1c(C(C)NS(=O)(=O)c2ccc3c(c2)OCCO3)cnn1-c1ccccn1. The van der Waals surface area contributed by atoms with Crippen molar-refractivity contribution in [1.29, 1.82) is 0 Å². The van der Waals surface area contributed by atoms with Gasteiger partial charge >= 0.3 is 0 Å². The summed E-state index contributed by atoms with van der Waals surface area (Å²) in [7, 11) is -3.75. The van der Waals surface area contributed by atoms with Crippen LogP contribution in [0.1, 0.15) is 24.2 Å². The van der Waals surface area contributed by atoms with Gasteiger partial charge in [-0.1, -0.05) is 6.07 Å². The molecule has 0 spiro atoms. The van der Waals surface area contributed by atoms with Crippen molar-refractivity contribution in [3.05, 3.63) is 60.0 Å². The number of hydrogen-bond donors (Lipinski definition) is 1. The van der Waals surface area contributed by atoms with E-state index in [9.17, 15) is 8.42 Å². The van der Waals surface area contributed by atoms with Crippen LogP contribution in [0, 0.1) is 6.92 Å². The normalized spacial score (nSPS) is 14.6. The van der Waals surface area contributed by atoms with E-state index in [1.54, 1.807) is 30.1 Å². The number of aromatic nitrogens is 3. The van der Waals surface area contributed by atoms with E-state index < -0.39 is 16.1 Å². The fraction of sp³-hybridized carbons (Fsp3) is 0.263. The second kappa shape index (κ2) is 7.25. The first-order valence-corrected chi connectivity index (χ1v) is 10.3. The van der Waals surface area contributed by atoms with Gasteiger partial charge in [0.05, 0.1) is 11.1 Å². The molecule has 0 fully saturated rings. The lowest BCUT2D eigenvalue weighted by molar-refractivity contribution is 0.171. The number of nitrogens with one attached hydrogen (secondary N) is 1. The van der Waals surface area contributed by atoms with E-state index in [2.05, 4.69) is 14.8 Å². The zero-order valence-corrected chi connectivity index (χ0v) is 16.3. The zero-order chi connectivity index (χ0) is 19.7. The summed E-state index contributed by atoms with van der Waals surface area (Å²) in [5.74, 6) is 1.65. The third kappa shape index (κ3) is 3.46. The van der Waals surface area contributed by atoms with Crippen LogP contribution in [0.4, 0.5) is 0 Å². The summed E-state index contributed by atoms with van der Waals surface area (Å²) in [5.41, 5.74) is 1.59. The predicted molar refractivity (Wildman–Crippen MR) is 102 cm³/mol. The van der Waals surface area contributed by atoms with Crippen molar-refractivity contribution in [3.8, 4) is 17.3 Å². The number of nitrogens with zero attached hydrogens (tertiary/aromatic N) is 3. The average Bonchev–Trinajstić information content (AvgIpc) is 3.09. The van der Waals surface area contributed by atoms with Gasteiger partial charge in [0.15, 0.2) is 17.3 Å². The van der Waals surface area contributed by atoms with Crippen LogP contribution in [0.15, 0.2) is 53.7 Å². The van der Waals surface area contributed by atoms with Gasteiger partial charge in [-0.2, -0.15) is 5.10 Å². The Balaban J connectivity index is 1.58. The highest BCUT2D eigenvalue weighted by Crippen LogP contribution is 2.32. The molecule has 0 radical (unpaired) electrons. The van der Waals surface area contributed by atoms with E-state index in [1.807, 2.05) is 25.1 Å². The molecular formula is C19H20N4O4S. The minimum absolute atomic E-state index is 0.123. The second-order valence-electron chi connectivity index (χ2n) is 6.43. The third-order valence-electron chi connectivity index (χ3n) is 4.54. The maximum atomic E-state index is 12.8. The number of rotatable bonds is 5. The molecule has 0 amide bonds. The molecule has 0 bridgehead atoms. The van der Waals surface area contributed by atoms with E-state index in [-0.39, 0.29) is 4.90 Å². The molecule has 0 aliphatic carbocycles. The van der Waals surface area contributed by atoms with Gasteiger partial charge < -0.3 is 9.47 Å². The maximum Gasteiger partial charge on any atom is 0.241 e. The highest BCUT2D eigenvalue weighted by Gasteiger charge is 2.24. The van der Waals surface area contributed by atoms with Gasteiger partial charge in [0.25, 0.3) is 0 Å². The lowest BCUT2D eigenvalue weighted by Gasteiger charge is -2.19. The highest BCUT2D eigenvalue weighted by atomic mass is 32.2. The summed E-state index contributed by atoms with van der Waals surface area (Å²) in [6, 6.07) is 9.66. The molecule has 1 aromatic carbocycles. The molecular weight excluding hydrogens is 380 g/mol. The Morgan fingerprint density at radius 2 is 1.93 bits per heavy atom. The Hall–Kier alpha value is -2.91. The monoisotopic (exact) mass is 400 g/mol. The topological polar surface area (TPSA) is 95.3 Å². The van der Waals surface area contributed by atoms with Crippen LogP contribution in [0.5, 0.6) is 11.5 Å². The number of hydrogen-bond acceptors (Lipinski definition) is 6. The first-order chi connectivity index (χ1) is 13.5. The van der Waals surface area contributed by atoms with Crippen LogP contribution in [-0.4, -0.2) is 36.4 Å². The molecule has 28 heavy (non-hydrogen) atoms. The van der Waals surface area contributed by atoms with Gasteiger partial charge in [0.2, 0.25) is 10.0 Å². The molecule has 2 aromatic heterocycles. The van der Waals surface area contributed by atoms with Gasteiger partial charge in [0.1, 0.15) is 13.2 Å². The molecule has 146 valence electrons. The van der Waals surface area contributed by atoms with Crippen molar-refractivity contribution in [2.75, 3.05) is 13.2 Å². The summed E-state index contributed by atoms with van der Waals surface area (Å²) in [5, 5.41) is 4.35. The smallest absolute Gasteiger partial charge is 0.241 e. The van der Waals surface area contributed by atoms with Gasteiger partial charge in [-0.05, 0) is 38.1 Å².